The average molecular weight is 457 g/mol. The van der Waals surface area contributed by atoms with Gasteiger partial charge in [0.2, 0.25) is 0 Å². The summed E-state index contributed by atoms with van der Waals surface area (Å²) < 4.78 is 85.9. The first-order chi connectivity index (χ1) is 15.0. The molecule has 2 aromatic carbocycles. The van der Waals surface area contributed by atoms with Crippen LogP contribution in [0, 0.1) is 11.8 Å². The van der Waals surface area contributed by atoms with Crippen molar-refractivity contribution in [2.75, 3.05) is 13.1 Å². The van der Waals surface area contributed by atoms with E-state index in [1.54, 1.807) is 0 Å². The van der Waals surface area contributed by atoms with Gasteiger partial charge in [0.05, 0.1) is 23.3 Å². The molecule has 1 aliphatic carbocycles. The van der Waals surface area contributed by atoms with E-state index in [0.717, 1.165) is 37.2 Å². The van der Waals surface area contributed by atoms with Crippen LogP contribution in [0.25, 0.3) is 0 Å². The highest BCUT2D eigenvalue weighted by molar-refractivity contribution is 5.35. The molecular weight excluding hydrogens is 432 g/mol. The molecule has 2 nitrogen and oxygen atoms in total. The molecule has 5 atom stereocenters. The van der Waals surface area contributed by atoms with E-state index in [0.29, 0.717) is 18.3 Å². The first-order valence-electron chi connectivity index (χ1n) is 10.7. The van der Waals surface area contributed by atoms with Crippen LogP contribution in [-0.4, -0.2) is 19.2 Å². The van der Waals surface area contributed by atoms with E-state index in [-0.39, 0.29) is 23.7 Å². The maximum Gasteiger partial charge on any atom is 0.416 e. The van der Waals surface area contributed by atoms with Gasteiger partial charge in [0, 0.05) is 5.92 Å². The molecular formula is C24H25F6NO. The van der Waals surface area contributed by atoms with Crippen LogP contribution < -0.4 is 5.32 Å². The van der Waals surface area contributed by atoms with E-state index in [1.165, 1.54) is 6.92 Å². The Hall–Kier alpha value is -2.06. The van der Waals surface area contributed by atoms with Gasteiger partial charge in [0.1, 0.15) is 0 Å². The summed E-state index contributed by atoms with van der Waals surface area (Å²) in [4.78, 5) is 0. The molecule has 8 heteroatoms. The van der Waals surface area contributed by atoms with Gasteiger partial charge in [-0.05, 0) is 74.0 Å². The second kappa shape index (κ2) is 8.71. The number of rotatable bonds is 4. The van der Waals surface area contributed by atoms with Crippen LogP contribution in [0.3, 0.4) is 0 Å². The maximum atomic E-state index is 13.3. The fourth-order valence-electron chi connectivity index (χ4n) is 5.17. The van der Waals surface area contributed by atoms with Crippen LogP contribution >= 0.6 is 0 Å². The van der Waals surface area contributed by atoms with Crippen molar-refractivity contribution in [3.05, 3.63) is 70.8 Å². The van der Waals surface area contributed by atoms with Crippen LogP contribution in [-0.2, 0) is 17.1 Å². The minimum Gasteiger partial charge on any atom is -0.370 e. The third kappa shape index (κ3) is 4.81. The number of ether oxygens (including phenoxy) is 1. The van der Waals surface area contributed by atoms with Gasteiger partial charge in [-0.2, -0.15) is 26.3 Å². The highest BCUT2D eigenvalue weighted by atomic mass is 19.4. The second-order valence-electron chi connectivity index (χ2n) is 8.75. The third-order valence-corrected chi connectivity index (χ3v) is 6.72. The Morgan fingerprint density at radius 3 is 2.09 bits per heavy atom. The standard InChI is InChI=1S/C24H25F6NO/c1-14(17-9-18(23(25,26)27)11-19(10-17)24(28,29)30)32-21-8-7-16-12-31-13-20(16)22(21)15-5-3-2-4-6-15/h2-6,9-11,14,16,20-22,31H,7-8,12-13H2,1H3/t14-,16-,20-,21+,22+/m1/s1. The molecule has 4 rings (SSSR count). The van der Waals surface area contributed by atoms with Gasteiger partial charge in [0.25, 0.3) is 0 Å². The fraction of sp³-hybridized carbons (Fsp3) is 0.500. The lowest BCUT2D eigenvalue weighted by Gasteiger charge is -2.41. The minimum absolute atomic E-state index is 0.0280. The summed E-state index contributed by atoms with van der Waals surface area (Å²) in [5, 5.41) is 3.41. The molecule has 32 heavy (non-hydrogen) atoms. The molecule has 174 valence electrons. The first-order valence-corrected chi connectivity index (χ1v) is 10.7. The van der Waals surface area contributed by atoms with Crippen molar-refractivity contribution in [1.29, 1.82) is 0 Å². The van der Waals surface area contributed by atoms with Crippen LogP contribution in [0.4, 0.5) is 26.3 Å². The fourth-order valence-corrected chi connectivity index (χ4v) is 5.17. The van der Waals surface area contributed by atoms with Crippen molar-refractivity contribution in [2.45, 2.75) is 50.2 Å². The summed E-state index contributed by atoms with van der Waals surface area (Å²) in [7, 11) is 0. The quantitative estimate of drug-likeness (QED) is 0.524. The van der Waals surface area contributed by atoms with Gasteiger partial charge in [-0.25, -0.2) is 0 Å². The number of hydrogen-bond acceptors (Lipinski definition) is 2. The Kier molecular flexibility index (Phi) is 6.29. The summed E-state index contributed by atoms with van der Waals surface area (Å²) in [5.74, 6) is 0.830. The van der Waals surface area contributed by atoms with E-state index < -0.39 is 29.6 Å². The van der Waals surface area contributed by atoms with E-state index in [2.05, 4.69) is 5.32 Å². The van der Waals surface area contributed by atoms with Gasteiger partial charge in [0.15, 0.2) is 0 Å². The molecule has 1 aliphatic heterocycles. The van der Waals surface area contributed by atoms with Crippen molar-refractivity contribution in [2.24, 2.45) is 11.8 Å². The molecule has 2 fully saturated rings. The Bertz CT molecular complexity index is 894. The number of benzene rings is 2. The summed E-state index contributed by atoms with van der Waals surface area (Å²) in [6.45, 7) is 3.26. The second-order valence-corrected chi connectivity index (χ2v) is 8.75. The van der Waals surface area contributed by atoms with Gasteiger partial charge in [-0.3, -0.25) is 0 Å². The minimum atomic E-state index is -4.88. The Morgan fingerprint density at radius 1 is 0.875 bits per heavy atom. The molecule has 0 spiro atoms. The van der Waals surface area contributed by atoms with Crippen LogP contribution in [0.2, 0.25) is 0 Å². The Morgan fingerprint density at radius 2 is 1.50 bits per heavy atom. The van der Waals surface area contributed by atoms with Crippen LogP contribution in [0.15, 0.2) is 48.5 Å². The molecule has 2 aromatic rings. The number of fused-ring (bicyclic) bond motifs is 1. The predicted octanol–water partition coefficient (Wildman–Crippen LogP) is 6.58. The van der Waals surface area contributed by atoms with Gasteiger partial charge in [-0.15, -0.1) is 0 Å². The summed E-state index contributed by atoms with van der Waals surface area (Å²) in [6.07, 6.45) is -9.35. The lowest BCUT2D eigenvalue weighted by molar-refractivity contribution is -0.143. The summed E-state index contributed by atoms with van der Waals surface area (Å²) in [5.41, 5.74) is -1.67. The molecule has 1 saturated carbocycles. The highest BCUT2D eigenvalue weighted by Crippen LogP contribution is 2.46. The Balaban J connectivity index is 1.64. The van der Waals surface area contributed by atoms with Crippen LogP contribution in [0.1, 0.15) is 54.0 Å². The first kappa shape index (κ1) is 23.1. The maximum absolute atomic E-state index is 13.3. The lowest BCUT2D eigenvalue weighted by atomic mass is 9.69. The zero-order chi connectivity index (χ0) is 23.1. The van der Waals surface area contributed by atoms with E-state index in [4.69, 9.17) is 4.74 Å². The van der Waals surface area contributed by atoms with Crippen molar-refractivity contribution < 1.29 is 31.1 Å². The van der Waals surface area contributed by atoms with Crippen molar-refractivity contribution in [3.63, 3.8) is 0 Å². The predicted molar refractivity (Wildman–Crippen MR) is 108 cm³/mol. The molecule has 1 saturated heterocycles. The number of nitrogens with one attached hydrogen (secondary N) is 1. The molecule has 0 amide bonds. The van der Waals surface area contributed by atoms with E-state index in [9.17, 15) is 26.3 Å². The number of hydrogen-bond donors (Lipinski definition) is 1. The average Bonchev–Trinajstić information content (AvgIpc) is 3.21. The summed E-state index contributed by atoms with van der Waals surface area (Å²) in [6, 6.07) is 11.5. The largest absolute Gasteiger partial charge is 0.416 e. The number of alkyl halides is 6. The summed E-state index contributed by atoms with van der Waals surface area (Å²) >= 11 is 0. The normalized spacial score (nSPS) is 27.2. The molecule has 0 radical (unpaired) electrons. The van der Waals surface area contributed by atoms with Gasteiger partial charge in [-0.1, -0.05) is 30.3 Å². The topological polar surface area (TPSA) is 21.3 Å². The van der Waals surface area contributed by atoms with Gasteiger partial charge < -0.3 is 10.1 Å². The Labute approximate surface area is 183 Å². The highest BCUT2D eigenvalue weighted by Gasteiger charge is 2.44. The van der Waals surface area contributed by atoms with E-state index in [1.807, 2.05) is 30.3 Å². The third-order valence-electron chi connectivity index (χ3n) is 6.72. The molecule has 0 bridgehead atoms. The molecule has 0 aromatic heterocycles. The van der Waals surface area contributed by atoms with Crippen molar-refractivity contribution in [3.8, 4) is 0 Å². The molecule has 1 heterocycles. The van der Waals surface area contributed by atoms with Crippen molar-refractivity contribution >= 4 is 0 Å². The zero-order valence-electron chi connectivity index (χ0n) is 17.5. The zero-order valence-corrected chi connectivity index (χ0v) is 17.5. The molecule has 0 unspecified atom stereocenters. The number of halogens is 6. The monoisotopic (exact) mass is 457 g/mol. The smallest absolute Gasteiger partial charge is 0.370 e. The van der Waals surface area contributed by atoms with Crippen LogP contribution in [0.5, 0.6) is 0 Å². The van der Waals surface area contributed by atoms with E-state index >= 15 is 0 Å². The molecule has 1 N–H and O–H groups in total. The van der Waals surface area contributed by atoms with Crippen molar-refractivity contribution in [1.82, 2.24) is 5.32 Å². The molecule has 2 aliphatic rings. The van der Waals surface area contributed by atoms with Gasteiger partial charge >= 0.3 is 12.4 Å². The lowest BCUT2D eigenvalue weighted by Crippen LogP contribution is -2.38. The SMILES string of the molecule is C[C@@H](O[C@H]1CC[C@@H]2CNC[C@H]2[C@@H]1c1ccccc1)c1cc(C(F)(F)F)cc(C(F)(F)F)c1.